The van der Waals surface area contributed by atoms with Crippen LogP contribution in [0.25, 0.3) is 0 Å². The minimum atomic E-state index is -0.726. The monoisotopic (exact) mass is 356 g/mol. The minimum Gasteiger partial charge on any atom is -0.497 e. The van der Waals surface area contributed by atoms with Crippen molar-refractivity contribution < 1.29 is 14.3 Å². The van der Waals surface area contributed by atoms with Crippen molar-refractivity contribution in [2.45, 2.75) is 19.4 Å². The molecule has 1 aromatic carbocycles. The SMILES string of the molecule is CCC(NC(=O)C(=O)Nc1ccc(N(C)C)nc1)c1ccc(OC)cc1. The highest BCUT2D eigenvalue weighted by molar-refractivity contribution is 6.39. The molecule has 1 unspecified atom stereocenters. The van der Waals surface area contributed by atoms with Gasteiger partial charge in [0.25, 0.3) is 0 Å². The second-order valence-electron chi connectivity index (χ2n) is 5.96. The van der Waals surface area contributed by atoms with E-state index in [0.29, 0.717) is 12.1 Å². The Morgan fingerprint density at radius 2 is 1.81 bits per heavy atom. The quantitative estimate of drug-likeness (QED) is 0.777. The molecule has 26 heavy (non-hydrogen) atoms. The topological polar surface area (TPSA) is 83.6 Å². The number of hydrogen-bond acceptors (Lipinski definition) is 5. The summed E-state index contributed by atoms with van der Waals surface area (Å²) in [7, 11) is 5.34. The molecule has 0 fully saturated rings. The van der Waals surface area contributed by atoms with E-state index in [1.165, 1.54) is 6.20 Å². The molecule has 0 saturated carbocycles. The Bertz CT molecular complexity index is 742. The second-order valence-corrected chi connectivity index (χ2v) is 5.96. The van der Waals surface area contributed by atoms with Gasteiger partial charge in [-0.25, -0.2) is 4.98 Å². The van der Waals surface area contributed by atoms with Crippen LogP contribution in [0.3, 0.4) is 0 Å². The highest BCUT2D eigenvalue weighted by Crippen LogP contribution is 2.20. The summed E-state index contributed by atoms with van der Waals surface area (Å²) >= 11 is 0. The maximum Gasteiger partial charge on any atom is 0.313 e. The van der Waals surface area contributed by atoms with Gasteiger partial charge in [-0.05, 0) is 36.2 Å². The fourth-order valence-electron chi connectivity index (χ4n) is 2.39. The van der Waals surface area contributed by atoms with Gasteiger partial charge in [0.2, 0.25) is 0 Å². The lowest BCUT2D eigenvalue weighted by Gasteiger charge is -2.17. The first-order valence-electron chi connectivity index (χ1n) is 8.33. The Morgan fingerprint density at radius 1 is 1.12 bits per heavy atom. The molecular weight excluding hydrogens is 332 g/mol. The number of nitrogens with zero attached hydrogens (tertiary/aromatic N) is 2. The zero-order valence-corrected chi connectivity index (χ0v) is 15.4. The number of pyridine rings is 1. The number of methoxy groups -OCH3 is 1. The summed E-state index contributed by atoms with van der Waals surface area (Å²) in [6, 6.07) is 10.6. The highest BCUT2D eigenvalue weighted by Gasteiger charge is 2.19. The van der Waals surface area contributed by atoms with Crippen molar-refractivity contribution in [2.24, 2.45) is 0 Å². The number of benzene rings is 1. The molecule has 0 bridgehead atoms. The van der Waals surface area contributed by atoms with E-state index < -0.39 is 11.8 Å². The van der Waals surface area contributed by atoms with Crippen molar-refractivity contribution in [1.29, 1.82) is 0 Å². The van der Waals surface area contributed by atoms with Crippen LogP contribution < -0.4 is 20.3 Å². The van der Waals surface area contributed by atoms with Gasteiger partial charge in [0, 0.05) is 14.1 Å². The molecule has 0 spiro atoms. The summed E-state index contributed by atoms with van der Waals surface area (Å²) in [5, 5.41) is 5.30. The number of nitrogens with one attached hydrogen (secondary N) is 2. The average Bonchev–Trinajstić information content (AvgIpc) is 2.66. The third kappa shape index (κ3) is 4.95. The molecule has 0 aliphatic heterocycles. The van der Waals surface area contributed by atoms with Crippen molar-refractivity contribution in [3.05, 3.63) is 48.2 Å². The van der Waals surface area contributed by atoms with Crippen LogP contribution in [0.4, 0.5) is 11.5 Å². The molecule has 0 radical (unpaired) electrons. The molecule has 7 nitrogen and oxygen atoms in total. The van der Waals surface area contributed by atoms with E-state index >= 15 is 0 Å². The number of hydrogen-bond donors (Lipinski definition) is 2. The summed E-state index contributed by atoms with van der Waals surface area (Å²) in [4.78, 5) is 30.4. The summed E-state index contributed by atoms with van der Waals surface area (Å²) in [6.45, 7) is 1.94. The molecule has 2 rings (SSSR count). The van der Waals surface area contributed by atoms with Crippen LogP contribution in [0, 0.1) is 0 Å². The molecule has 2 amide bonds. The van der Waals surface area contributed by atoms with Crippen molar-refractivity contribution in [3.8, 4) is 5.75 Å². The van der Waals surface area contributed by atoms with Crippen LogP contribution in [-0.4, -0.2) is 38.0 Å². The molecule has 0 saturated heterocycles. The second kappa shape index (κ2) is 8.84. The van der Waals surface area contributed by atoms with Crippen LogP contribution in [0.5, 0.6) is 5.75 Å². The molecular formula is C19H24N4O3. The average molecular weight is 356 g/mol. The van der Waals surface area contributed by atoms with E-state index in [2.05, 4.69) is 15.6 Å². The molecule has 2 N–H and O–H groups in total. The van der Waals surface area contributed by atoms with Gasteiger partial charge in [-0.15, -0.1) is 0 Å². The van der Waals surface area contributed by atoms with E-state index in [9.17, 15) is 9.59 Å². The van der Waals surface area contributed by atoms with Crippen LogP contribution in [0.1, 0.15) is 24.9 Å². The molecule has 0 aliphatic carbocycles. The summed E-state index contributed by atoms with van der Waals surface area (Å²) in [6.07, 6.45) is 2.17. The summed E-state index contributed by atoms with van der Waals surface area (Å²) in [5.41, 5.74) is 1.37. The van der Waals surface area contributed by atoms with Crippen LogP contribution in [-0.2, 0) is 9.59 Å². The number of carbonyl (C=O) groups is 2. The van der Waals surface area contributed by atoms with Crippen molar-refractivity contribution >= 4 is 23.3 Å². The molecule has 1 heterocycles. The third-order valence-electron chi connectivity index (χ3n) is 3.90. The van der Waals surface area contributed by atoms with Gasteiger partial charge in [0.1, 0.15) is 11.6 Å². The van der Waals surface area contributed by atoms with Gasteiger partial charge in [0.15, 0.2) is 0 Å². The van der Waals surface area contributed by atoms with Crippen LogP contribution in [0.15, 0.2) is 42.6 Å². The largest absolute Gasteiger partial charge is 0.497 e. The lowest BCUT2D eigenvalue weighted by molar-refractivity contribution is -0.136. The Kier molecular flexibility index (Phi) is 6.54. The first-order valence-corrected chi connectivity index (χ1v) is 8.33. The minimum absolute atomic E-state index is 0.256. The van der Waals surface area contributed by atoms with Gasteiger partial charge >= 0.3 is 11.8 Å². The molecule has 1 atom stereocenters. The Labute approximate surface area is 153 Å². The highest BCUT2D eigenvalue weighted by atomic mass is 16.5. The molecule has 0 aliphatic rings. The van der Waals surface area contributed by atoms with Gasteiger partial charge in [-0.2, -0.15) is 0 Å². The number of aromatic nitrogens is 1. The fraction of sp³-hybridized carbons (Fsp3) is 0.316. The Balaban J connectivity index is 1.98. The number of amides is 2. The first kappa shape index (κ1) is 19.2. The van der Waals surface area contributed by atoms with Crippen LogP contribution in [0.2, 0.25) is 0 Å². The lowest BCUT2D eigenvalue weighted by Crippen LogP contribution is -2.37. The Morgan fingerprint density at radius 3 is 2.31 bits per heavy atom. The summed E-state index contributed by atoms with van der Waals surface area (Å²) in [5.74, 6) is 0.0834. The van der Waals surface area contributed by atoms with Crippen molar-refractivity contribution in [2.75, 3.05) is 31.4 Å². The molecule has 2 aromatic rings. The van der Waals surface area contributed by atoms with Crippen LogP contribution >= 0.6 is 0 Å². The van der Waals surface area contributed by atoms with E-state index in [4.69, 9.17) is 4.74 Å². The van der Waals surface area contributed by atoms with Gasteiger partial charge in [0.05, 0.1) is 25.0 Å². The summed E-state index contributed by atoms with van der Waals surface area (Å²) < 4.78 is 5.13. The lowest BCUT2D eigenvalue weighted by atomic mass is 10.0. The zero-order valence-electron chi connectivity index (χ0n) is 15.4. The first-order chi connectivity index (χ1) is 12.4. The van der Waals surface area contributed by atoms with Gasteiger partial charge < -0.3 is 20.3 Å². The standard InChI is InChI=1S/C19H24N4O3/c1-5-16(13-6-9-15(26-4)10-7-13)22-19(25)18(24)21-14-8-11-17(20-12-14)23(2)3/h6-12,16H,5H2,1-4H3,(H,21,24)(H,22,25). The van der Waals surface area contributed by atoms with Gasteiger partial charge in [-0.1, -0.05) is 19.1 Å². The number of anilines is 2. The molecule has 7 heteroatoms. The number of ether oxygens (including phenoxy) is 1. The third-order valence-corrected chi connectivity index (χ3v) is 3.90. The van der Waals surface area contributed by atoms with Gasteiger partial charge in [-0.3, -0.25) is 9.59 Å². The van der Waals surface area contributed by atoms with Crippen molar-refractivity contribution in [3.63, 3.8) is 0 Å². The predicted octanol–water partition coefficient (Wildman–Crippen LogP) is 2.36. The maximum atomic E-state index is 12.2. The predicted molar refractivity (Wildman–Crippen MR) is 101 cm³/mol. The van der Waals surface area contributed by atoms with E-state index in [1.807, 2.05) is 50.2 Å². The smallest absolute Gasteiger partial charge is 0.313 e. The van der Waals surface area contributed by atoms with E-state index in [-0.39, 0.29) is 6.04 Å². The number of rotatable bonds is 6. The van der Waals surface area contributed by atoms with Crippen molar-refractivity contribution in [1.82, 2.24) is 10.3 Å². The number of carbonyl (C=O) groups excluding carboxylic acids is 2. The molecule has 1 aromatic heterocycles. The fourth-order valence-corrected chi connectivity index (χ4v) is 2.39. The van der Waals surface area contributed by atoms with E-state index in [0.717, 1.165) is 17.1 Å². The Hall–Kier alpha value is -3.09. The maximum absolute atomic E-state index is 12.2. The zero-order chi connectivity index (χ0) is 19.1. The normalized spacial score (nSPS) is 11.4. The molecule has 138 valence electrons. The van der Waals surface area contributed by atoms with E-state index in [1.54, 1.807) is 19.2 Å².